The fraction of sp³-hybridized carbons (Fsp3) is 1.00. The Labute approximate surface area is 87.0 Å². The first kappa shape index (κ1) is 10.4. The summed E-state index contributed by atoms with van der Waals surface area (Å²) >= 11 is 0. The SMILES string of the molecule is NCCN1CCCC1C1CCNCC1. The molecule has 14 heavy (non-hydrogen) atoms. The Balaban J connectivity index is 1.87. The van der Waals surface area contributed by atoms with Gasteiger partial charge in [0, 0.05) is 19.1 Å². The number of rotatable bonds is 3. The van der Waals surface area contributed by atoms with Crippen LogP contribution < -0.4 is 11.1 Å². The molecule has 2 aliphatic heterocycles. The topological polar surface area (TPSA) is 41.3 Å². The molecule has 82 valence electrons. The zero-order chi connectivity index (χ0) is 9.80. The summed E-state index contributed by atoms with van der Waals surface area (Å²) in [5.74, 6) is 0.935. The van der Waals surface area contributed by atoms with Gasteiger partial charge < -0.3 is 11.1 Å². The summed E-state index contributed by atoms with van der Waals surface area (Å²) in [5.41, 5.74) is 5.65. The molecule has 1 atom stereocenters. The van der Waals surface area contributed by atoms with E-state index in [0.717, 1.165) is 25.0 Å². The van der Waals surface area contributed by atoms with Gasteiger partial charge in [0.2, 0.25) is 0 Å². The van der Waals surface area contributed by atoms with E-state index in [1.807, 2.05) is 0 Å². The zero-order valence-corrected chi connectivity index (χ0v) is 9.04. The predicted molar refractivity (Wildman–Crippen MR) is 59.2 cm³/mol. The first-order valence-corrected chi connectivity index (χ1v) is 6.06. The van der Waals surface area contributed by atoms with Gasteiger partial charge in [-0.3, -0.25) is 4.90 Å². The summed E-state index contributed by atoms with van der Waals surface area (Å²) in [7, 11) is 0. The molecular formula is C11H23N3. The lowest BCUT2D eigenvalue weighted by Crippen LogP contribution is -2.42. The zero-order valence-electron chi connectivity index (χ0n) is 9.04. The van der Waals surface area contributed by atoms with Crippen LogP contribution in [-0.2, 0) is 0 Å². The van der Waals surface area contributed by atoms with Gasteiger partial charge >= 0.3 is 0 Å². The van der Waals surface area contributed by atoms with Crippen LogP contribution in [0.15, 0.2) is 0 Å². The summed E-state index contributed by atoms with van der Waals surface area (Å²) < 4.78 is 0. The molecule has 0 saturated carbocycles. The van der Waals surface area contributed by atoms with Crippen molar-refractivity contribution >= 4 is 0 Å². The summed E-state index contributed by atoms with van der Waals surface area (Å²) in [6.07, 6.45) is 5.52. The Morgan fingerprint density at radius 3 is 2.71 bits per heavy atom. The number of nitrogens with zero attached hydrogens (tertiary/aromatic N) is 1. The largest absolute Gasteiger partial charge is 0.329 e. The highest BCUT2D eigenvalue weighted by Crippen LogP contribution is 2.28. The van der Waals surface area contributed by atoms with Gasteiger partial charge in [0.15, 0.2) is 0 Å². The average Bonchev–Trinajstić information content (AvgIpc) is 2.68. The minimum absolute atomic E-state index is 0.821. The maximum atomic E-state index is 5.65. The first-order valence-electron chi connectivity index (χ1n) is 6.06. The lowest BCUT2D eigenvalue weighted by Gasteiger charge is -2.34. The molecule has 2 fully saturated rings. The summed E-state index contributed by atoms with van der Waals surface area (Å²) in [4.78, 5) is 2.62. The van der Waals surface area contributed by atoms with Gasteiger partial charge in [-0.15, -0.1) is 0 Å². The fourth-order valence-corrected chi connectivity index (χ4v) is 3.06. The van der Waals surface area contributed by atoms with Crippen LogP contribution in [-0.4, -0.2) is 43.7 Å². The molecule has 3 N–H and O–H groups in total. The fourth-order valence-electron chi connectivity index (χ4n) is 3.06. The van der Waals surface area contributed by atoms with E-state index in [0.29, 0.717) is 0 Å². The molecule has 1 unspecified atom stereocenters. The third-order valence-corrected chi connectivity index (χ3v) is 3.76. The summed E-state index contributed by atoms with van der Waals surface area (Å²) in [6.45, 7) is 5.65. The monoisotopic (exact) mass is 197 g/mol. The normalized spacial score (nSPS) is 31.1. The highest BCUT2D eigenvalue weighted by molar-refractivity contribution is 4.87. The smallest absolute Gasteiger partial charge is 0.0125 e. The Hall–Kier alpha value is -0.120. The molecule has 2 rings (SSSR count). The summed E-state index contributed by atoms with van der Waals surface area (Å²) in [5, 5.41) is 3.44. The number of nitrogens with two attached hydrogens (primary N) is 1. The van der Waals surface area contributed by atoms with Gasteiger partial charge in [-0.2, -0.15) is 0 Å². The first-order chi connectivity index (χ1) is 6.92. The van der Waals surface area contributed by atoms with E-state index in [9.17, 15) is 0 Å². The molecule has 0 aromatic carbocycles. The van der Waals surface area contributed by atoms with Crippen LogP contribution in [0.5, 0.6) is 0 Å². The van der Waals surface area contributed by atoms with Crippen molar-refractivity contribution in [3.63, 3.8) is 0 Å². The minimum Gasteiger partial charge on any atom is -0.329 e. The van der Waals surface area contributed by atoms with E-state index in [-0.39, 0.29) is 0 Å². The van der Waals surface area contributed by atoms with Crippen molar-refractivity contribution in [1.82, 2.24) is 10.2 Å². The maximum absolute atomic E-state index is 5.65. The van der Waals surface area contributed by atoms with Crippen LogP contribution in [0.25, 0.3) is 0 Å². The highest BCUT2D eigenvalue weighted by Gasteiger charge is 2.31. The van der Waals surface area contributed by atoms with Crippen molar-refractivity contribution in [2.24, 2.45) is 11.7 Å². The van der Waals surface area contributed by atoms with Crippen LogP contribution in [0.3, 0.4) is 0 Å². The van der Waals surface area contributed by atoms with Crippen molar-refractivity contribution < 1.29 is 0 Å². The van der Waals surface area contributed by atoms with E-state index in [4.69, 9.17) is 5.73 Å². The Bertz CT molecular complexity index is 166. The molecular weight excluding hydrogens is 174 g/mol. The van der Waals surface area contributed by atoms with Crippen LogP contribution >= 0.6 is 0 Å². The average molecular weight is 197 g/mol. The van der Waals surface area contributed by atoms with Gasteiger partial charge in [-0.25, -0.2) is 0 Å². The summed E-state index contributed by atoms with van der Waals surface area (Å²) in [6, 6.07) is 0.848. The van der Waals surface area contributed by atoms with Gasteiger partial charge in [0.05, 0.1) is 0 Å². The lowest BCUT2D eigenvalue weighted by molar-refractivity contribution is 0.166. The predicted octanol–water partition coefficient (Wildman–Crippen LogP) is 0.409. The van der Waals surface area contributed by atoms with Crippen LogP contribution in [0, 0.1) is 5.92 Å². The van der Waals surface area contributed by atoms with Gasteiger partial charge in [0.1, 0.15) is 0 Å². The number of piperidine rings is 1. The van der Waals surface area contributed by atoms with E-state index in [2.05, 4.69) is 10.2 Å². The van der Waals surface area contributed by atoms with Crippen LogP contribution in [0.4, 0.5) is 0 Å². The highest BCUT2D eigenvalue weighted by atomic mass is 15.2. The quantitative estimate of drug-likeness (QED) is 0.688. The van der Waals surface area contributed by atoms with Crippen LogP contribution in [0.1, 0.15) is 25.7 Å². The van der Waals surface area contributed by atoms with E-state index >= 15 is 0 Å². The van der Waals surface area contributed by atoms with Crippen molar-refractivity contribution in [3.05, 3.63) is 0 Å². The van der Waals surface area contributed by atoms with Crippen LogP contribution in [0.2, 0.25) is 0 Å². The molecule has 2 heterocycles. The Morgan fingerprint density at radius 1 is 1.21 bits per heavy atom. The molecule has 0 aliphatic carbocycles. The lowest BCUT2D eigenvalue weighted by atomic mass is 9.89. The molecule has 0 aromatic heterocycles. The number of nitrogens with one attached hydrogen (secondary N) is 1. The maximum Gasteiger partial charge on any atom is 0.0125 e. The van der Waals surface area contributed by atoms with Gasteiger partial charge in [-0.05, 0) is 51.2 Å². The molecule has 0 amide bonds. The van der Waals surface area contributed by atoms with Crippen molar-refractivity contribution in [1.29, 1.82) is 0 Å². The minimum atomic E-state index is 0.821. The van der Waals surface area contributed by atoms with Crippen molar-refractivity contribution in [2.75, 3.05) is 32.7 Å². The molecule has 2 aliphatic rings. The molecule has 0 aromatic rings. The number of likely N-dealkylation sites (tertiary alicyclic amines) is 1. The second kappa shape index (κ2) is 5.10. The number of hydrogen-bond acceptors (Lipinski definition) is 3. The van der Waals surface area contributed by atoms with E-state index < -0.39 is 0 Å². The van der Waals surface area contributed by atoms with Gasteiger partial charge in [-0.1, -0.05) is 0 Å². The van der Waals surface area contributed by atoms with Crippen molar-refractivity contribution in [2.45, 2.75) is 31.7 Å². The molecule has 2 saturated heterocycles. The molecule has 3 heteroatoms. The Morgan fingerprint density at radius 2 is 2.00 bits per heavy atom. The second-order valence-corrected chi connectivity index (χ2v) is 4.62. The molecule has 0 spiro atoms. The Kier molecular flexibility index (Phi) is 3.79. The van der Waals surface area contributed by atoms with Crippen molar-refractivity contribution in [3.8, 4) is 0 Å². The van der Waals surface area contributed by atoms with E-state index in [1.54, 1.807) is 0 Å². The molecule has 0 bridgehead atoms. The standard InChI is InChI=1S/C11H23N3/c12-5-9-14-8-1-2-11(14)10-3-6-13-7-4-10/h10-11,13H,1-9,12H2. The third kappa shape index (κ3) is 2.27. The molecule has 3 nitrogen and oxygen atoms in total. The number of hydrogen-bond donors (Lipinski definition) is 2. The molecule has 0 radical (unpaired) electrons. The third-order valence-electron chi connectivity index (χ3n) is 3.76. The van der Waals surface area contributed by atoms with E-state index in [1.165, 1.54) is 45.3 Å². The second-order valence-electron chi connectivity index (χ2n) is 4.62. The van der Waals surface area contributed by atoms with Gasteiger partial charge in [0.25, 0.3) is 0 Å².